The van der Waals surface area contributed by atoms with Crippen LogP contribution in [0, 0.1) is 5.92 Å². The second-order valence-corrected chi connectivity index (χ2v) is 12.0. The average Bonchev–Trinajstić information content (AvgIpc) is 3.60. The van der Waals surface area contributed by atoms with Crippen LogP contribution in [0.5, 0.6) is 0 Å². The van der Waals surface area contributed by atoms with E-state index in [-0.39, 0.29) is 35.9 Å². The molecule has 12 heteroatoms. The smallest absolute Gasteiger partial charge is 0.273 e. The zero-order chi connectivity index (χ0) is 29.8. The lowest BCUT2D eigenvalue weighted by Gasteiger charge is -2.44. The number of fused-ring (bicyclic) bond motifs is 3. The van der Waals surface area contributed by atoms with Gasteiger partial charge in [0.15, 0.2) is 11.4 Å². The van der Waals surface area contributed by atoms with Crippen LogP contribution in [-0.2, 0) is 4.79 Å². The Balaban J connectivity index is 1.01. The zero-order valence-corrected chi connectivity index (χ0v) is 24.3. The fraction of sp³-hybridized carbons (Fsp3) is 0.344. The maximum Gasteiger partial charge on any atom is 0.273 e. The number of hydrazine groups is 2. The fourth-order valence-electron chi connectivity index (χ4n) is 6.66. The standard InChI is InChI=1S/C32H33N9O3/c1-39-37-29(36-38-39)28(19-5-3-2-4-6-19)40-17-23-10-11-24(18-40)41(23)32(43)26-15-21(13-14-33-26)31-35-25-16-22(9-12-27(25)44-31)34-30(42)20-7-8-20/h2-6,9,12-16,20,23-24,28,38H,7-8,10-11,17-18H2,1H3,(H,34,42)(H,36,37)/t23?,24?,28-/m0/s1. The van der Waals surface area contributed by atoms with Crippen LogP contribution in [-0.4, -0.2) is 74.8 Å². The number of aromatic nitrogens is 2. The number of carbonyl (C=O) groups is 2. The molecule has 12 nitrogen and oxygen atoms in total. The molecule has 44 heavy (non-hydrogen) atoms. The molecule has 0 radical (unpaired) electrons. The van der Waals surface area contributed by atoms with Gasteiger partial charge in [-0.2, -0.15) is 0 Å². The number of hydrogen-bond donors (Lipinski definition) is 3. The van der Waals surface area contributed by atoms with Crippen LogP contribution in [0.3, 0.4) is 0 Å². The number of piperazine rings is 1. The molecule has 1 saturated carbocycles. The molecule has 2 saturated heterocycles. The first-order chi connectivity index (χ1) is 21.5. The highest BCUT2D eigenvalue weighted by molar-refractivity contribution is 5.96. The van der Waals surface area contributed by atoms with Gasteiger partial charge in [0, 0.05) is 55.6 Å². The number of oxazole rings is 1. The van der Waals surface area contributed by atoms with Crippen molar-refractivity contribution in [2.24, 2.45) is 11.0 Å². The Bertz CT molecular complexity index is 1760. The maximum atomic E-state index is 14.0. The van der Waals surface area contributed by atoms with Crippen LogP contribution in [0.15, 0.2) is 76.4 Å². The molecule has 4 aliphatic rings. The van der Waals surface area contributed by atoms with Gasteiger partial charge in [0.1, 0.15) is 11.2 Å². The Labute approximate surface area is 254 Å². The van der Waals surface area contributed by atoms with E-state index in [4.69, 9.17) is 4.42 Å². The Morgan fingerprint density at radius 2 is 1.80 bits per heavy atom. The molecule has 1 aliphatic carbocycles. The van der Waals surface area contributed by atoms with E-state index in [0.717, 1.165) is 50.2 Å². The van der Waals surface area contributed by atoms with E-state index in [1.54, 1.807) is 23.4 Å². The first-order valence-corrected chi connectivity index (χ1v) is 15.1. The number of benzene rings is 2. The predicted octanol–water partition coefficient (Wildman–Crippen LogP) is 3.54. The van der Waals surface area contributed by atoms with Gasteiger partial charge in [-0.05, 0) is 61.6 Å². The molecular weight excluding hydrogens is 558 g/mol. The van der Waals surface area contributed by atoms with Crippen molar-refractivity contribution in [1.29, 1.82) is 0 Å². The lowest BCUT2D eigenvalue weighted by Crippen LogP contribution is -2.58. The van der Waals surface area contributed by atoms with E-state index in [2.05, 4.69) is 48.4 Å². The van der Waals surface area contributed by atoms with Crippen molar-refractivity contribution in [1.82, 2.24) is 35.8 Å². The fourth-order valence-corrected chi connectivity index (χ4v) is 6.66. The number of nitrogens with one attached hydrogen (secondary N) is 3. The Kier molecular flexibility index (Phi) is 6.53. The van der Waals surface area contributed by atoms with Crippen molar-refractivity contribution in [2.75, 3.05) is 25.5 Å². The van der Waals surface area contributed by atoms with Crippen LogP contribution in [0.4, 0.5) is 5.69 Å². The number of nitrogens with zero attached hydrogens (tertiary/aromatic N) is 6. The SMILES string of the molecule is CN1NN=C([C@H](c2ccccc2)N2CC3CCC(C2)N3C(=O)c2cc(-c3nc4cc(NC(=O)C5CC5)ccc4o3)ccn2)N1. The molecule has 3 fully saturated rings. The average molecular weight is 592 g/mol. The Morgan fingerprint density at radius 3 is 2.52 bits per heavy atom. The third-order valence-electron chi connectivity index (χ3n) is 8.92. The minimum atomic E-state index is -0.0748. The number of likely N-dealkylation sites (tertiary alicyclic amines) is 1. The molecule has 4 aromatic rings. The molecule has 0 spiro atoms. The first-order valence-electron chi connectivity index (χ1n) is 15.1. The second-order valence-electron chi connectivity index (χ2n) is 12.0. The first kappa shape index (κ1) is 26.8. The molecule has 3 atom stereocenters. The summed E-state index contributed by atoms with van der Waals surface area (Å²) in [5.74, 6) is 1.33. The summed E-state index contributed by atoms with van der Waals surface area (Å²) in [6.07, 6.45) is 5.41. The summed E-state index contributed by atoms with van der Waals surface area (Å²) in [5.41, 5.74) is 10.4. The molecular formula is C32H33N9O3. The molecule has 2 amide bonds. The number of hydrogen-bond acceptors (Lipinski definition) is 10. The summed E-state index contributed by atoms with van der Waals surface area (Å²) >= 11 is 0. The van der Waals surface area contributed by atoms with Gasteiger partial charge in [0.25, 0.3) is 5.91 Å². The molecule has 2 unspecified atom stereocenters. The third-order valence-corrected chi connectivity index (χ3v) is 8.92. The van der Waals surface area contributed by atoms with Gasteiger partial charge >= 0.3 is 0 Å². The van der Waals surface area contributed by atoms with Gasteiger partial charge in [-0.25, -0.2) is 10.5 Å². The summed E-state index contributed by atoms with van der Waals surface area (Å²) in [6.45, 7) is 1.47. The topological polar surface area (TPSA) is 131 Å². The summed E-state index contributed by atoms with van der Waals surface area (Å²) in [4.78, 5) is 39.8. The van der Waals surface area contributed by atoms with E-state index in [1.165, 1.54) is 0 Å². The van der Waals surface area contributed by atoms with Gasteiger partial charge < -0.3 is 14.6 Å². The van der Waals surface area contributed by atoms with Crippen molar-refractivity contribution in [3.63, 3.8) is 0 Å². The van der Waals surface area contributed by atoms with Crippen LogP contribution < -0.4 is 16.3 Å². The van der Waals surface area contributed by atoms with Crippen LogP contribution in [0.25, 0.3) is 22.6 Å². The molecule has 3 N–H and O–H groups in total. The van der Waals surface area contributed by atoms with Crippen molar-refractivity contribution in [3.8, 4) is 11.5 Å². The zero-order valence-electron chi connectivity index (χ0n) is 24.3. The number of amides is 2. The normalized spacial score (nSPS) is 22.4. The quantitative estimate of drug-likeness (QED) is 0.295. The minimum Gasteiger partial charge on any atom is -0.436 e. The van der Waals surface area contributed by atoms with Crippen LogP contribution in [0.2, 0.25) is 0 Å². The highest BCUT2D eigenvalue weighted by atomic mass is 16.3. The molecule has 2 aromatic carbocycles. The number of rotatable bonds is 7. The Morgan fingerprint density at radius 1 is 1.00 bits per heavy atom. The van der Waals surface area contributed by atoms with Gasteiger partial charge in [-0.1, -0.05) is 30.3 Å². The van der Waals surface area contributed by atoms with Crippen LogP contribution >= 0.6 is 0 Å². The van der Waals surface area contributed by atoms with E-state index in [1.807, 2.05) is 48.3 Å². The lowest BCUT2D eigenvalue weighted by molar-refractivity contribution is -0.117. The molecule has 224 valence electrons. The monoisotopic (exact) mass is 591 g/mol. The van der Waals surface area contributed by atoms with Crippen LogP contribution in [0.1, 0.15) is 47.8 Å². The Hall–Kier alpha value is -4.81. The van der Waals surface area contributed by atoms with E-state index in [9.17, 15) is 9.59 Å². The van der Waals surface area contributed by atoms with Crippen molar-refractivity contribution >= 4 is 34.4 Å². The maximum absolute atomic E-state index is 14.0. The van der Waals surface area contributed by atoms with E-state index >= 15 is 0 Å². The lowest BCUT2D eigenvalue weighted by atomic mass is 10.0. The second kappa shape index (κ2) is 10.7. The molecule has 3 aliphatic heterocycles. The number of carbonyl (C=O) groups excluding carboxylic acids is 2. The number of anilines is 1. The van der Waals surface area contributed by atoms with E-state index in [0.29, 0.717) is 33.9 Å². The van der Waals surface area contributed by atoms with Gasteiger partial charge in [-0.15, -0.1) is 10.2 Å². The summed E-state index contributed by atoms with van der Waals surface area (Å²) in [7, 11) is 1.88. The molecule has 5 heterocycles. The van der Waals surface area contributed by atoms with Crippen molar-refractivity contribution in [2.45, 2.75) is 43.8 Å². The van der Waals surface area contributed by atoms with Gasteiger partial charge in [-0.3, -0.25) is 24.9 Å². The van der Waals surface area contributed by atoms with Gasteiger partial charge in [0.2, 0.25) is 11.8 Å². The number of pyridine rings is 1. The molecule has 8 rings (SSSR count). The molecule has 2 aromatic heterocycles. The number of amidine groups is 1. The summed E-state index contributed by atoms with van der Waals surface area (Å²) < 4.78 is 6.04. The highest BCUT2D eigenvalue weighted by Gasteiger charge is 2.46. The van der Waals surface area contributed by atoms with Gasteiger partial charge in [0.05, 0.1) is 6.04 Å². The number of hydrazone groups is 1. The van der Waals surface area contributed by atoms with Crippen molar-refractivity contribution in [3.05, 3.63) is 78.1 Å². The largest absolute Gasteiger partial charge is 0.436 e. The highest BCUT2D eigenvalue weighted by Crippen LogP contribution is 2.37. The van der Waals surface area contributed by atoms with Crippen molar-refractivity contribution < 1.29 is 14.0 Å². The third kappa shape index (κ3) is 4.95. The predicted molar refractivity (Wildman–Crippen MR) is 164 cm³/mol. The summed E-state index contributed by atoms with van der Waals surface area (Å²) in [6, 6.07) is 19.4. The molecule has 2 bridgehead atoms. The van der Waals surface area contributed by atoms with E-state index < -0.39 is 0 Å². The summed E-state index contributed by atoms with van der Waals surface area (Å²) in [5, 5.41) is 9.23. The minimum absolute atomic E-state index is 0.0457.